The minimum atomic E-state index is -0.661. The molecule has 3 aromatic rings. The van der Waals surface area contributed by atoms with Gasteiger partial charge in [0.2, 0.25) is 0 Å². The van der Waals surface area contributed by atoms with E-state index in [0.717, 1.165) is 12.8 Å². The smallest absolute Gasteiger partial charge is 0.303 e. The van der Waals surface area contributed by atoms with E-state index in [1.54, 1.807) is 0 Å². The van der Waals surface area contributed by atoms with Crippen LogP contribution in [0.3, 0.4) is 0 Å². The molecule has 0 saturated carbocycles. The lowest BCUT2D eigenvalue weighted by atomic mass is 9.83. The lowest BCUT2D eigenvalue weighted by Gasteiger charge is -2.20. The van der Waals surface area contributed by atoms with E-state index < -0.39 is 5.97 Å². The number of hydrogen-bond acceptors (Lipinski definition) is 1. The molecule has 0 saturated heterocycles. The number of allylic oxidation sites excluding steroid dienone is 5. The first-order valence-electron chi connectivity index (χ1n) is 12.9. The molecule has 0 radical (unpaired) electrons. The van der Waals surface area contributed by atoms with Crippen molar-refractivity contribution in [3.8, 4) is 0 Å². The Morgan fingerprint density at radius 2 is 1.53 bits per heavy atom. The molecule has 2 aliphatic rings. The molecule has 2 aliphatic carbocycles. The maximum Gasteiger partial charge on any atom is 0.303 e. The van der Waals surface area contributed by atoms with Crippen LogP contribution in [0.5, 0.6) is 0 Å². The Kier molecular flexibility index (Phi) is 8.36. The maximum atomic E-state index is 10.2. The number of hydrogen-bond donors (Lipinski definition) is 1. The van der Waals surface area contributed by atoms with Gasteiger partial charge < -0.3 is 5.11 Å². The summed E-state index contributed by atoms with van der Waals surface area (Å²) in [5.41, 5.74) is 4.18. The van der Waals surface area contributed by atoms with Gasteiger partial charge in [0, 0.05) is 12.3 Å². The highest BCUT2D eigenvalue weighted by atomic mass is 16.4. The molecule has 5 rings (SSSR count). The molecule has 2 nitrogen and oxygen atoms in total. The van der Waals surface area contributed by atoms with Crippen LogP contribution in [0.25, 0.3) is 33.2 Å². The topological polar surface area (TPSA) is 37.3 Å². The Hall–Kier alpha value is -3.13. The normalized spacial score (nSPS) is 15.6. The summed E-state index contributed by atoms with van der Waals surface area (Å²) in [5.74, 6) is -0.193. The van der Waals surface area contributed by atoms with Crippen molar-refractivity contribution in [1.82, 2.24) is 0 Å². The molecule has 0 aromatic heterocycles. The highest BCUT2D eigenvalue weighted by Crippen LogP contribution is 2.41. The minimum absolute atomic E-state index is 0.342. The molecule has 0 spiro atoms. The molecule has 1 atom stereocenters. The van der Waals surface area contributed by atoms with E-state index >= 15 is 0 Å². The predicted octanol–water partition coefficient (Wildman–Crippen LogP) is 9.19. The summed E-state index contributed by atoms with van der Waals surface area (Å²) in [5, 5.41) is 13.7. The van der Waals surface area contributed by atoms with E-state index in [1.807, 2.05) is 0 Å². The molecular formula is C32H36O2. The van der Waals surface area contributed by atoms with Crippen LogP contribution in [-0.2, 0) is 4.79 Å². The Bertz CT molecular complexity index is 1230. The Labute approximate surface area is 203 Å². The molecule has 0 amide bonds. The predicted molar refractivity (Wildman–Crippen MR) is 146 cm³/mol. The van der Waals surface area contributed by atoms with Crippen LogP contribution in [0.15, 0.2) is 72.8 Å². The van der Waals surface area contributed by atoms with Crippen molar-refractivity contribution in [1.29, 1.82) is 0 Å². The first-order valence-corrected chi connectivity index (χ1v) is 12.9. The number of carboxylic acids is 1. The number of unbranched alkanes of at least 4 members (excludes halogenated alkanes) is 7. The number of fused-ring (bicyclic) bond motifs is 7. The Morgan fingerprint density at radius 3 is 2.32 bits per heavy atom. The third kappa shape index (κ3) is 5.67. The molecule has 0 bridgehead atoms. The Balaban J connectivity index is 0.000000185. The van der Waals surface area contributed by atoms with E-state index in [-0.39, 0.29) is 0 Å². The monoisotopic (exact) mass is 452 g/mol. The standard InChI is InChI=1S/C21H14.C11H22O2/c1-2-6-16-14(4-1)8-10-20-18(16)12-13-19-17-7-3-5-15(17)9-11-21(19)20;1-2-3-4-5-6-7-8-9-10-11(12)13/h1-13,15H;2-10H2,1H3,(H,12,13). The lowest BCUT2D eigenvalue weighted by Crippen LogP contribution is -2.01. The van der Waals surface area contributed by atoms with Crippen molar-refractivity contribution in [3.05, 3.63) is 84.0 Å². The Morgan fingerprint density at radius 1 is 0.794 bits per heavy atom. The number of carboxylic acid groups (broad SMARTS) is 1. The molecule has 0 heterocycles. The zero-order chi connectivity index (χ0) is 23.8. The van der Waals surface area contributed by atoms with Gasteiger partial charge in [0.15, 0.2) is 0 Å². The first kappa shape index (κ1) is 24.0. The summed E-state index contributed by atoms with van der Waals surface area (Å²) in [4.78, 5) is 10.2. The second kappa shape index (κ2) is 11.8. The highest BCUT2D eigenvalue weighted by Gasteiger charge is 2.21. The van der Waals surface area contributed by atoms with E-state index in [1.165, 1.54) is 76.8 Å². The van der Waals surface area contributed by atoms with Gasteiger partial charge in [-0.25, -0.2) is 0 Å². The summed E-state index contributed by atoms with van der Waals surface area (Å²) >= 11 is 0. The molecule has 34 heavy (non-hydrogen) atoms. The maximum absolute atomic E-state index is 10.2. The van der Waals surface area contributed by atoms with Gasteiger partial charge in [-0.05, 0) is 44.7 Å². The molecule has 2 heteroatoms. The van der Waals surface area contributed by atoms with Crippen molar-refractivity contribution in [3.63, 3.8) is 0 Å². The molecule has 1 unspecified atom stereocenters. The molecule has 0 aliphatic heterocycles. The van der Waals surface area contributed by atoms with Gasteiger partial charge in [0.05, 0.1) is 0 Å². The number of aliphatic carboxylic acids is 1. The average Bonchev–Trinajstić information content (AvgIpc) is 3.35. The van der Waals surface area contributed by atoms with Crippen LogP contribution >= 0.6 is 0 Å². The van der Waals surface area contributed by atoms with Gasteiger partial charge >= 0.3 is 5.97 Å². The van der Waals surface area contributed by atoms with Crippen molar-refractivity contribution < 1.29 is 9.90 Å². The second-order valence-electron chi connectivity index (χ2n) is 9.42. The zero-order valence-corrected chi connectivity index (χ0v) is 20.3. The average molecular weight is 453 g/mol. The van der Waals surface area contributed by atoms with Gasteiger partial charge in [-0.3, -0.25) is 4.79 Å². The van der Waals surface area contributed by atoms with E-state index in [4.69, 9.17) is 5.11 Å². The third-order valence-corrected chi connectivity index (χ3v) is 6.95. The van der Waals surface area contributed by atoms with Crippen molar-refractivity contribution in [2.75, 3.05) is 0 Å². The van der Waals surface area contributed by atoms with Gasteiger partial charge in [0.1, 0.15) is 0 Å². The summed E-state index contributed by atoms with van der Waals surface area (Å²) in [6, 6.07) is 17.7. The summed E-state index contributed by atoms with van der Waals surface area (Å²) in [6.07, 6.45) is 21.3. The molecule has 1 N–H and O–H groups in total. The van der Waals surface area contributed by atoms with Crippen LogP contribution in [0, 0.1) is 5.92 Å². The fraction of sp³-hybridized carbons (Fsp3) is 0.344. The highest BCUT2D eigenvalue weighted by molar-refractivity contribution is 6.11. The number of carbonyl (C=O) groups is 1. The van der Waals surface area contributed by atoms with Gasteiger partial charge in [0.25, 0.3) is 0 Å². The summed E-state index contributed by atoms with van der Waals surface area (Å²) in [7, 11) is 0. The van der Waals surface area contributed by atoms with Crippen molar-refractivity contribution >= 4 is 39.2 Å². The molecular weight excluding hydrogens is 416 g/mol. The number of benzene rings is 3. The van der Waals surface area contributed by atoms with Crippen LogP contribution in [0.2, 0.25) is 0 Å². The first-order chi connectivity index (χ1) is 16.7. The van der Waals surface area contributed by atoms with Crippen molar-refractivity contribution in [2.45, 2.75) is 64.7 Å². The fourth-order valence-corrected chi connectivity index (χ4v) is 5.08. The molecule has 0 fully saturated rings. The van der Waals surface area contributed by atoms with Crippen molar-refractivity contribution in [2.24, 2.45) is 5.92 Å². The quantitative estimate of drug-likeness (QED) is 0.259. The van der Waals surface area contributed by atoms with Crippen LogP contribution in [-0.4, -0.2) is 11.1 Å². The van der Waals surface area contributed by atoms with E-state index in [0.29, 0.717) is 12.3 Å². The SMILES string of the molecule is C1=CC2C=Cc3c(ccc4c3ccc3ccccc34)C2=C1.CCCCCCCCCCC(=O)O. The summed E-state index contributed by atoms with van der Waals surface area (Å²) < 4.78 is 0. The molecule has 176 valence electrons. The fourth-order valence-electron chi connectivity index (χ4n) is 5.08. The van der Waals surface area contributed by atoms with Gasteiger partial charge in [-0.1, -0.05) is 131 Å². The van der Waals surface area contributed by atoms with Crippen LogP contribution in [0.1, 0.15) is 75.8 Å². The number of rotatable bonds is 9. The van der Waals surface area contributed by atoms with Crippen LogP contribution in [0.4, 0.5) is 0 Å². The zero-order valence-electron chi connectivity index (χ0n) is 20.3. The third-order valence-electron chi connectivity index (χ3n) is 6.95. The van der Waals surface area contributed by atoms with Crippen LogP contribution < -0.4 is 0 Å². The van der Waals surface area contributed by atoms with Gasteiger partial charge in [-0.15, -0.1) is 0 Å². The molecule has 3 aromatic carbocycles. The second-order valence-corrected chi connectivity index (χ2v) is 9.42. The van der Waals surface area contributed by atoms with E-state index in [2.05, 4.69) is 85.8 Å². The largest absolute Gasteiger partial charge is 0.481 e. The summed E-state index contributed by atoms with van der Waals surface area (Å²) in [6.45, 7) is 2.22. The van der Waals surface area contributed by atoms with Gasteiger partial charge in [-0.2, -0.15) is 0 Å². The minimum Gasteiger partial charge on any atom is -0.481 e. The van der Waals surface area contributed by atoms with E-state index in [9.17, 15) is 4.79 Å². The lowest BCUT2D eigenvalue weighted by molar-refractivity contribution is -0.137.